The van der Waals surface area contributed by atoms with Crippen molar-refractivity contribution in [3.63, 3.8) is 0 Å². The minimum atomic E-state index is -0.972. The smallest absolute Gasteiger partial charge is 0.335 e. The summed E-state index contributed by atoms with van der Waals surface area (Å²) in [5.74, 6) is 0.206. The number of H-pyrrole nitrogens is 1. The van der Waals surface area contributed by atoms with E-state index in [-0.39, 0.29) is 11.1 Å². The summed E-state index contributed by atoms with van der Waals surface area (Å²) in [7, 11) is 0. The van der Waals surface area contributed by atoms with Gasteiger partial charge in [0.15, 0.2) is 5.16 Å². The maximum absolute atomic E-state index is 11.8. The van der Waals surface area contributed by atoms with Crippen LogP contribution in [0.25, 0.3) is 11.3 Å². The molecule has 0 radical (unpaired) electrons. The van der Waals surface area contributed by atoms with E-state index in [2.05, 4.69) is 9.97 Å². The van der Waals surface area contributed by atoms with Crippen LogP contribution < -0.4 is 10.3 Å². The number of nitrogens with zero attached hydrogens (tertiary/aromatic N) is 1. The lowest BCUT2D eigenvalue weighted by Gasteiger charge is -2.07. The molecule has 0 aliphatic carbocycles. The number of aromatic nitrogens is 2. The molecule has 26 heavy (non-hydrogen) atoms. The topological polar surface area (TPSA) is 92.3 Å². The van der Waals surface area contributed by atoms with Gasteiger partial charge in [0.1, 0.15) is 5.75 Å². The Morgan fingerprint density at radius 1 is 1.12 bits per heavy atom. The number of aromatic carboxylic acids is 1. The number of benzene rings is 2. The van der Waals surface area contributed by atoms with Gasteiger partial charge in [-0.3, -0.25) is 4.79 Å². The van der Waals surface area contributed by atoms with Crippen LogP contribution in [0, 0.1) is 0 Å². The van der Waals surface area contributed by atoms with Gasteiger partial charge in [-0.25, -0.2) is 9.78 Å². The van der Waals surface area contributed by atoms with Gasteiger partial charge in [0.05, 0.1) is 17.9 Å². The summed E-state index contributed by atoms with van der Waals surface area (Å²) in [6, 6.07) is 17.2. The monoisotopic (exact) mass is 368 g/mol. The van der Waals surface area contributed by atoms with Crippen LogP contribution in [0.3, 0.4) is 0 Å². The molecule has 0 bridgehead atoms. The predicted octanol–water partition coefficient (Wildman–Crippen LogP) is 3.31. The van der Waals surface area contributed by atoms with Gasteiger partial charge in [-0.1, -0.05) is 42.1 Å². The van der Waals surface area contributed by atoms with Crippen LogP contribution in [0.1, 0.15) is 10.4 Å². The first kappa shape index (κ1) is 17.8. The average molecular weight is 368 g/mol. The predicted molar refractivity (Wildman–Crippen MR) is 99.9 cm³/mol. The van der Waals surface area contributed by atoms with E-state index in [4.69, 9.17) is 9.84 Å². The maximum atomic E-state index is 11.8. The van der Waals surface area contributed by atoms with Crippen molar-refractivity contribution in [3.05, 3.63) is 76.6 Å². The van der Waals surface area contributed by atoms with E-state index < -0.39 is 5.97 Å². The number of hydrogen-bond donors (Lipinski definition) is 2. The zero-order valence-corrected chi connectivity index (χ0v) is 14.5. The zero-order chi connectivity index (χ0) is 18.4. The van der Waals surface area contributed by atoms with Crippen molar-refractivity contribution < 1.29 is 14.6 Å². The van der Waals surface area contributed by atoms with Crippen molar-refractivity contribution in [1.82, 2.24) is 9.97 Å². The third-order valence-corrected chi connectivity index (χ3v) is 4.32. The summed E-state index contributed by atoms with van der Waals surface area (Å²) in [5.41, 5.74) is 1.52. The Labute approximate surface area is 153 Å². The van der Waals surface area contributed by atoms with Crippen LogP contribution in [0.4, 0.5) is 0 Å². The number of nitrogens with one attached hydrogen (secondary N) is 1. The van der Waals surface area contributed by atoms with E-state index in [0.29, 0.717) is 29.0 Å². The molecule has 0 fully saturated rings. The molecule has 3 rings (SSSR count). The lowest BCUT2D eigenvalue weighted by Crippen LogP contribution is -2.09. The Kier molecular flexibility index (Phi) is 5.70. The standard InChI is InChI=1S/C19H16N2O4S/c22-17-12-16(13-4-2-1-3-5-13)20-19(21-17)26-11-10-25-15-8-6-14(7-9-15)18(23)24/h1-9,12H,10-11H2,(H,23,24)(H,20,21,22). The molecule has 0 saturated carbocycles. The molecule has 2 N–H and O–H groups in total. The second-order valence-corrected chi connectivity index (χ2v) is 6.41. The first-order valence-corrected chi connectivity index (χ1v) is 8.86. The summed E-state index contributed by atoms with van der Waals surface area (Å²) in [4.78, 5) is 29.8. The highest BCUT2D eigenvalue weighted by atomic mass is 32.2. The van der Waals surface area contributed by atoms with E-state index in [1.54, 1.807) is 12.1 Å². The van der Waals surface area contributed by atoms with E-state index in [1.165, 1.54) is 30.0 Å². The SMILES string of the molecule is O=C(O)c1ccc(OCCSc2nc(-c3ccccc3)cc(=O)[nH]2)cc1. The highest BCUT2D eigenvalue weighted by Gasteiger charge is 2.05. The molecule has 0 amide bonds. The Morgan fingerprint density at radius 2 is 1.85 bits per heavy atom. The fourth-order valence-electron chi connectivity index (χ4n) is 2.25. The fraction of sp³-hybridized carbons (Fsp3) is 0.105. The van der Waals surface area contributed by atoms with E-state index >= 15 is 0 Å². The molecule has 132 valence electrons. The normalized spacial score (nSPS) is 10.5. The number of hydrogen-bond acceptors (Lipinski definition) is 5. The molecule has 0 spiro atoms. The van der Waals surface area contributed by atoms with Crippen molar-refractivity contribution in [2.45, 2.75) is 5.16 Å². The largest absolute Gasteiger partial charge is 0.493 e. The molecule has 0 atom stereocenters. The second kappa shape index (κ2) is 8.35. The molecular formula is C19H16N2O4S. The van der Waals surface area contributed by atoms with Crippen LogP contribution in [-0.2, 0) is 0 Å². The molecule has 1 heterocycles. The van der Waals surface area contributed by atoms with Crippen molar-refractivity contribution in [3.8, 4) is 17.0 Å². The molecule has 2 aromatic carbocycles. The van der Waals surface area contributed by atoms with Gasteiger partial charge in [-0.05, 0) is 24.3 Å². The minimum absolute atomic E-state index is 0.202. The van der Waals surface area contributed by atoms with Gasteiger partial charge in [-0.2, -0.15) is 0 Å². The summed E-state index contributed by atoms with van der Waals surface area (Å²) in [5, 5.41) is 9.39. The third kappa shape index (κ3) is 4.73. The van der Waals surface area contributed by atoms with Gasteiger partial charge in [-0.15, -0.1) is 0 Å². The van der Waals surface area contributed by atoms with E-state index in [9.17, 15) is 9.59 Å². The van der Waals surface area contributed by atoms with Gasteiger partial charge in [0, 0.05) is 17.4 Å². The van der Waals surface area contributed by atoms with Gasteiger partial charge in [0.2, 0.25) is 0 Å². The molecular weight excluding hydrogens is 352 g/mol. The second-order valence-electron chi connectivity index (χ2n) is 5.33. The lowest BCUT2D eigenvalue weighted by atomic mass is 10.1. The third-order valence-electron chi connectivity index (χ3n) is 3.48. The average Bonchev–Trinajstić information content (AvgIpc) is 2.66. The maximum Gasteiger partial charge on any atom is 0.335 e. The van der Waals surface area contributed by atoms with Crippen LogP contribution in [0.2, 0.25) is 0 Å². The van der Waals surface area contributed by atoms with Crippen LogP contribution in [0.5, 0.6) is 5.75 Å². The van der Waals surface area contributed by atoms with Crippen molar-refractivity contribution in [2.75, 3.05) is 12.4 Å². The number of thioether (sulfide) groups is 1. The molecule has 0 aliphatic rings. The number of carbonyl (C=O) groups is 1. The van der Waals surface area contributed by atoms with Crippen LogP contribution in [0.15, 0.2) is 70.6 Å². The molecule has 0 unspecified atom stereocenters. The van der Waals surface area contributed by atoms with Gasteiger partial charge < -0.3 is 14.8 Å². The zero-order valence-electron chi connectivity index (χ0n) is 13.7. The molecule has 6 nitrogen and oxygen atoms in total. The van der Waals surface area contributed by atoms with Crippen molar-refractivity contribution in [2.24, 2.45) is 0 Å². The van der Waals surface area contributed by atoms with Crippen LogP contribution >= 0.6 is 11.8 Å². The quantitative estimate of drug-likeness (QED) is 0.378. The molecule has 3 aromatic rings. The number of aromatic amines is 1. The van der Waals surface area contributed by atoms with E-state index in [0.717, 1.165) is 5.56 Å². The summed E-state index contributed by atoms with van der Waals surface area (Å²) in [6.07, 6.45) is 0. The van der Waals surface area contributed by atoms with Crippen molar-refractivity contribution in [1.29, 1.82) is 0 Å². The summed E-state index contributed by atoms with van der Waals surface area (Å²) >= 11 is 1.38. The van der Waals surface area contributed by atoms with Gasteiger partial charge >= 0.3 is 5.97 Å². The first-order valence-electron chi connectivity index (χ1n) is 7.87. The molecule has 0 aliphatic heterocycles. The molecule has 0 saturated heterocycles. The molecule has 1 aromatic heterocycles. The Morgan fingerprint density at radius 3 is 2.54 bits per heavy atom. The van der Waals surface area contributed by atoms with Crippen LogP contribution in [-0.4, -0.2) is 33.4 Å². The number of ether oxygens (including phenoxy) is 1. The van der Waals surface area contributed by atoms with E-state index in [1.807, 2.05) is 30.3 Å². The van der Waals surface area contributed by atoms with Gasteiger partial charge in [0.25, 0.3) is 5.56 Å². The summed E-state index contributed by atoms with van der Waals surface area (Å²) in [6.45, 7) is 0.399. The fourth-order valence-corrected chi connectivity index (χ4v) is 2.95. The summed E-state index contributed by atoms with van der Waals surface area (Å²) < 4.78 is 5.57. The number of carboxylic acid groups (broad SMARTS) is 1. The highest BCUT2D eigenvalue weighted by molar-refractivity contribution is 7.99. The highest BCUT2D eigenvalue weighted by Crippen LogP contribution is 2.19. The Balaban J connectivity index is 1.57. The minimum Gasteiger partial charge on any atom is -0.493 e. The number of carboxylic acids is 1. The first-order chi connectivity index (χ1) is 12.6. The Hall–Kier alpha value is -3.06. The molecule has 7 heteroatoms. The Bertz CT molecular complexity index is 940. The number of rotatable bonds is 7. The van der Waals surface area contributed by atoms with Crippen molar-refractivity contribution >= 4 is 17.7 Å². The lowest BCUT2D eigenvalue weighted by molar-refractivity contribution is 0.0697.